The van der Waals surface area contributed by atoms with Gasteiger partial charge in [-0.25, -0.2) is 4.98 Å². The molecule has 0 aromatic carbocycles. The number of anilines is 1. The van der Waals surface area contributed by atoms with Gasteiger partial charge < -0.3 is 10.2 Å². The first-order valence-corrected chi connectivity index (χ1v) is 7.42. The van der Waals surface area contributed by atoms with Gasteiger partial charge in [-0.1, -0.05) is 11.6 Å². The van der Waals surface area contributed by atoms with E-state index in [0.717, 1.165) is 43.9 Å². The third kappa shape index (κ3) is 3.66. The van der Waals surface area contributed by atoms with Crippen LogP contribution in [0.1, 0.15) is 12.5 Å². The van der Waals surface area contributed by atoms with E-state index in [1.54, 1.807) is 12.3 Å². The minimum Gasteiger partial charge on any atom is -0.312 e. The Bertz CT molecular complexity index is 526. The first-order valence-electron chi connectivity index (χ1n) is 7.04. The Morgan fingerprint density at radius 3 is 3.10 bits per heavy atom. The second kappa shape index (κ2) is 6.92. The molecule has 5 nitrogen and oxygen atoms in total. The van der Waals surface area contributed by atoms with Crippen LogP contribution >= 0.6 is 24.0 Å². The topological polar surface area (TPSA) is 48.5 Å². The molecule has 21 heavy (non-hydrogen) atoms. The van der Waals surface area contributed by atoms with Crippen molar-refractivity contribution in [2.24, 2.45) is 0 Å². The fourth-order valence-electron chi connectivity index (χ4n) is 2.94. The fourth-order valence-corrected chi connectivity index (χ4v) is 3.09. The number of fused-ring (bicyclic) bond motifs is 1. The van der Waals surface area contributed by atoms with Crippen molar-refractivity contribution in [1.82, 2.24) is 15.2 Å². The Balaban J connectivity index is 0.00000161. The molecule has 0 saturated carbocycles. The zero-order chi connectivity index (χ0) is 14.1. The average molecular weight is 331 g/mol. The van der Waals surface area contributed by atoms with E-state index in [1.807, 2.05) is 4.90 Å². The van der Waals surface area contributed by atoms with Crippen LogP contribution in [0.2, 0.25) is 5.15 Å². The molecule has 2 aliphatic rings. The lowest BCUT2D eigenvalue weighted by atomic mass is 10.2. The first kappa shape index (κ1) is 16.5. The van der Waals surface area contributed by atoms with Crippen LogP contribution in [0.15, 0.2) is 12.3 Å². The number of hydrogen-bond donors (Lipinski definition) is 1. The molecule has 0 spiro atoms. The van der Waals surface area contributed by atoms with Crippen LogP contribution in [0.3, 0.4) is 0 Å². The number of halogens is 2. The summed E-state index contributed by atoms with van der Waals surface area (Å²) < 4.78 is 0. The summed E-state index contributed by atoms with van der Waals surface area (Å²) in [6, 6.07) is 2.24. The van der Waals surface area contributed by atoms with E-state index in [-0.39, 0.29) is 18.3 Å². The first-order chi connectivity index (χ1) is 9.63. The second-order valence-corrected chi connectivity index (χ2v) is 5.91. The lowest BCUT2D eigenvalue weighted by molar-refractivity contribution is -0.119. The highest BCUT2D eigenvalue weighted by molar-refractivity contribution is 6.29. The van der Waals surface area contributed by atoms with Gasteiger partial charge in [0.05, 0.1) is 12.2 Å². The standard InChI is InChI=1S/C14H19ClN4O.ClH/c1-10-8-18(5-3-16-10)9-14(20)19-4-2-11-7-17-13(15)6-12(11)19;/h6-7,10,16H,2-5,8-9H2,1H3;1H/t10-;/m1./s1. The lowest BCUT2D eigenvalue weighted by Crippen LogP contribution is -2.52. The van der Waals surface area contributed by atoms with Gasteiger partial charge in [0.1, 0.15) is 5.15 Å². The molecule has 3 heterocycles. The fraction of sp³-hybridized carbons (Fsp3) is 0.571. The van der Waals surface area contributed by atoms with Gasteiger partial charge in [0, 0.05) is 38.4 Å². The van der Waals surface area contributed by atoms with Crippen LogP contribution in [0.25, 0.3) is 0 Å². The Morgan fingerprint density at radius 1 is 1.52 bits per heavy atom. The summed E-state index contributed by atoms with van der Waals surface area (Å²) in [6.07, 6.45) is 2.64. The Hall–Kier alpha value is -0.880. The van der Waals surface area contributed by atoms with Crippen molar-refractivity contribution in [2.75, 3.05) is 37.6 Å². The van der Waals surface area contributed by atoms with Crippen LogP contribution in [0, 0.1) is 0 Å². The van der Waals surface area contributed by atoms with Gasteiger partial charge in [-0.2, -0.15) is 0 Å². The quantitative estimate of drug-likeness (QED) is 0.831. The number of hydrogen-bond acceptors (Lipinski definition) is 4. The molecule has 0 unspecified atom stereocenters. The molecule has 3 rings (SSSR count). The van der Waals surface area contributed by atoms with E-state index < -0.39 is 0 Å². The molecule has 1 aromatic heterocycles. The number of carbonyl (C=O) groups is 1. The smallest absolute Gasteiger partial charge is 0.241 e. The average Bonchev–Trinajstić information content (AvgIpc) is 2.81. The summed E-state index contributed by atoms with van der Waals surface area (Å²) in [5.74, 6) is 0.153. The van der Waals surface area contributed by atoms with E-state index in [1.165, 1.54) is 0 Å². The Kier molecular flexibility index (Phi) is 5.43. The van der Waals surface area contributed by atoms with Crippen LogP contribution in [0.5, 0.6) is 0 Å². The number of pyridine rings is 1. The molecule has 0 aliphatic carbocycles. The van der Waals surface area contributed by atoms with E-state index in [9.17, 15) is 4.79 Å². The molecule has 1 atom stereocenters. The number of aromatic nitrogens is 1. The monoisotopic (exact) mass is 330 g/mol. The maximum Gasteiger partial charge on any atom is 0.241 e. The molecule has 2 aliphatic heterocycles. The van der Waals surface area contributed by atoms with E-state index >= 15 is 0 Å². The maximum absolute atomic E-state index is 12.5. The highest BCUT2D eigenvalue weighted by Gasteiger charge is 2.27. The molecule has 1 saturated heterocycles. The van der Waals surface area contributed by atoms with Crippen molar-refractivity contribution < 1.29 is 4.79 Å². The summed E-state index contributed by atoms with van der Waals surface area (Å²) >= 11 is 5.94. The van der Waals surface area contributed by atoms with E-state index in [2.05, 4.69) is 22.1 Å². The largest absolute Gasteiger partial charge is 0.312 e. The van der Waals surface area contributed by atoms with Gasteiger partial charge >= 0.3 is 0 Å². The van der Waals surface area contributed by atoms with Crippen molar-refractivity contribution in [3.8, 4) is 0 Å². The van der Waals surface area contributed by atoms with Gasteiger partial charge in [-0.05, 0) is 25.0 Å². The summed E-state index contributed by atoms with van der Waals surface area (Å²) in [4.78, 5) is 20.6. The van der Waals surface area contributed by atoms with Gasteiger partial charge in [0.15, 0.2) is 0 Å². The van der Waals surface area contributed by atoms with Gasteiger partial charge in [-0.15, -0.1) is 12.4 Å². The third-order valence-electron chi connectivity index (χ3n) is 3.94. The Morgan fingerprint density at radius 2 is 2.33 bits per heavy atom. The molecule has 1 amide bonds. The zero-order valence-corrected chi connectivity index (χ0v) is 13.6. The molecule has 116 valence electrons. The van der Waals surface area contributed by atoms with E-state index in [4.69, 9.17) is 11.6 Å². The second-order valence-electron chi connectivity index (χ2n) is 5.52. The van der Waals surface area contributed by atoms with Crippen molar-refractivity contribution in [2.45, 2.75) is 19.4 Å². The number of piperazine rings is 1. The predicted molar refractivity (Wildman–Crippen MR) is 86.5 cm³/mol. The van der Waals surface area contributed by atoms with Crippen LogP contribution in [0.4, 0.5) is 5.69 Å². The van der Waals surface area contributed by atoms with E-state index in [0.29, 0.717) is 17.7 Å². The normalized spacial score (nSPS) is 21.8. The van der Waals surface area contributed by atoms with Crippen molar-refractivity contribution in [3.05, 3.63) is 23.0 Å². The molecule has 0 bridgehead atoms. The minimum absolute atomic E-state index is 0. The lowest BCUT2D eigenvalue weighted by Gasteiger charge is -2.32. The Labute approximate surface area is 136 Å². The summed E-state index contributed by atoms with van der Waals surface area (Å²) in [5, 5.41) is 3.83. The molecular weight excluding hydrogens is 311 g/mol. The van der Waals surface area contributed by atoms with Crippen LogP contribution in [-0.4, -0.2) is 54.6 Å². The van der Waals surface area contributed by atoms with Gasteiger partial charge in [0.2, 0.25) is 5.91 Å². The van der Waals surface area contributed by atoms with Crippen LogP contribution < -0.4 is 10.2 Å². The van der Waals surface area contributed by atoms with Crippen molar-refractivity contribution >= 4 is 35.6 Å². The number of carbonyl (C=O) groups excluding carboxylic acids is 1. The molecule has 7 heteroatoms. The number of amides is 1. The van der Waals surface area contributed by atoms with Gasteiger partial charge in [0.25, 0.3) is 0 Å². The SMILES string of the molecule is C[C@@H]1CN(CC(=O)N2CCc3cnc(Cl)cc32)CCN1.Cl. The van der Waals surface area contributed by atoms with Gasteiger partial charge in [-0.3, -0.25) is 9.69 Å². The zero-order valence-electron chi connectivity index (χ0n) is 12.0. The summed E-state index contributed by atoms with van der Waals surface area (Å²) in [7, 11) is 0. The highest BCUT2D eigenvalue weighted by Crippen LogP contribution is 2.29. The van der Waals surface area contributed by atoms with Crippen molar-refractivity contribution in [3.63, 3.8) is 0 Å². The third-order valence-corrected chi connectivity index (χ3v) is 4.14. The maximum atomic E-state index is 12.5. The highest BCUT2D eigenvalue weighted by atomic mass is 35.5. The molecule has 1 N–H and O–H groups in total. The number of nitrogens with zero attached hydrogens (tertiary/aromatic N) is 3. The minimum atomic E-state index is 0. The molecular formula is C14H20Cl2N4O. The molecule has 1 aromatic rings. The molecule has 0 radical (unpaired) electrons. The number of rotatable bonds is 2. The number of nitrogens with one attached hydrogen (secondary N) is 1. The van der Waals surface area contributed by atoms with Crippen molar-refractivity contribution in [1.29, 1.82) is 0 Å². The van der Waals surface area contributed by atoms with Crippen LogP contribution in [-0.2, 0) is 11.2 Å². The predicted octanol–water partition coefficient (Wildman–Crippen LogP) is 1.34. The molecule has 1 fully saturated rings. The summed E-state index contributed by atoms with van der Waals surface area (Å²) in [5.41, 5.74) is 2.04. The summed E-state index contributed by atoms with van der Waals surface area (Å²) in [6.45, 7) is 6.15.